The van der Waals surface area contributed by atoms with Crippen LogP contribution >= 0.6 is 24.0 Å². The van der Waals surface area contributed by atoms with E-state index in [-0.39, 0.29) is 36.6 Å². The molecule has 1 fully saturated rings. The normalized spacial score (nSPS) is 17.8. The van der Waals surface area contributed by atoms with Gasteiger partial charge < -0.3 is 15.4 Å². The van der Waals surface area contributed by atoms with Gasteiger partial charge in [0.2, 0.25) is 10.0 Å². The Kier molecular flexibility index (Phi) is 9.83. The van der Waals surface area contributed by atoms with Crippen molar-refractivity contribution in [3.05, 3.63) is 29.8 Å². The van der Waals surface area contributed by atoms with Crippen LogP contribution < -0.4 is 10.6 Å². The van der Waals surface area contributed by atoms with Crippen LogP contribution in [0.15, 0.2) is 34.2 Å². The monoisotopic (exact) mass is 496 g/mol. The minimum Gasteiger partial charge on any atom is -0.376 e. The molecule has 1 heterocycles. The van der Waals surface area contributed by atoms with Gasteiger partial charge in [0.25, 0.3) is 0 Å². The predicted octanol–water partition coefficient (Wildman–Crippen LogP) is 1.79. The van der Waals surface area contributed by atoms with Gasteiger partial charge >= 0.3 is 0 Å². The molecule has 1 unspecified atom stereocenters. The third-order valence-electron chi connectivity index (χ3n) is 4.00. The summed E-state index contributed by atoms with van der Waals surface area (Å²) in [7, 11) is -0.429. The summed E-state index contributed by atoms with van der Waals surface area (Å²) >= 11 is 0. The number of hydrogen-bond donors (Lipinski definition) is 2. The Morgan fingerprint density at radius 2 is 2.04 bits per heavy atom. The molecule has 0 saturated carbocycles. The quantitative estimate of drug-likeness (QED) is 0.342. The lowest BCUT2D eigenvalue weighted by Gasteiger charge is -2.16. The van der Waals surface area contributed by atoms with Crippen LogP contribution in [-0.2, 0) is 21.3 Å². The van der Waals surface area contributed by atoms with Gasteiger partial charge in [-0.05, 0) is 31.4 Å². The third-order valence-corrected chi connectivity index (χ3v) is 5.92. The molecule has 0 spiro atoms. The van der Waals surface area contributed by atoms with Gasteiger partial charge in [-0.15, -0.1) is 24.0 Å². The van der Waals surface area contributed by atoms with Crippen molar-refractivity contribution in [2.24, 2.45) is 4.99 Å². The summed E-state index contributed by atoms with van der Waals surface area (Å²) in [5.41, 5.74) is 0.672. The lowest BCUT2D eigenvalue weighted by Crippen LogP contribution is -2.41. The van der Waals surface area contributed by atoms with E-state index in [0.717, 1.165) is 26.0 Å². The van der Waals surface area contributed by atoms with E-state index in [2.05, 4.69) is 15.6 Å². The molecule has 148 valence electrons. The zero-order chi connectivity index (χ0) is 18.3. The summed E-state index contributed by atoms with van der Waals surface area (Å²) < 4.78 is 31.7. The van der Waals surface area contributed by atoms with Crippen molar-refractivity contribution >= 4 is 40.0 Å². The van der Waals surface area contributed by atoms with Gasteiger partial charge in [0.05, 0.1) is 17.5 Å². The van der Waals surface area contributed by atoms with Crippen LogP contribution in [0, 0.1) is 0 Å². The molecule has 1 atom stereocenters. The number of ether oxygens (including phenoxy) is 1. The van der Waals surface area contributed by atoms with Crippen molar-refractivity contribution in [1.82, 2.24) is 14.9 Å². The number of sulfonamides is 1. The van der Waals surface area contributed by atoms with Gasteiger partial charge in [-0.25, -0.2) is 17.7 Å². The van der Waals surface area contributed by atoms with E-state index in [9.17, 15) is 8.42 Å². The Hall–Kier alpha value is -0.910. The summed E-state index contributed by atoms with van der Waals surface area (Å²) in [6.45, 7) is 4.52. The Morgan fingerprint density at radius 3 is 2.65 bits per heavy atom. The van der Waals surface area contributed by atoms with E-state index < -0.39 is 10.0 Å². The summed E-state index contributed by atoms with van der Waals surface area (Å²) in [6, 6.07) is 6.97. The number of guanidine groups is 1. The van der Waals surface area contributed by atoms with Gasteiger partial charge in [-0.2, -0.15) is 0 Å². The smallest absolute Gasteiger partial charge is 0.242 e. The minimum absolute atomic E-state index is 0. The van der Waals surface area contributed by atoms with Crippen molar-refractivity contribution in [1.29, 1.82) is 0 Å². The highest BCUT2D eigenvalue weighted by Crippen LogP contribution is 2.19. The van der Waals surface area contributed by atoms with Gasteiger partial charge in [-0.1, -0.05) is 18.2 Å². The molecule has 1 aliphatic heterocycles. The Balaban J connectivity index is 0.00000338. The first-order valence-corrected chi connectivity index (χ1v) is 10.0. The van der Waals surface area contributed by atoms with E-state index in [4.69, 9.17) is 4.74 Å². The van der Waals surface area contributed by atoms with E-state index in [1.807, 2.05) is 13.0 Å². The average Bonchev–Trinajstić information content (AvgIpc) is 3.11. The molecule has 0 amide bonds. The zero-order valence-electron chi connectivity index (χ0n) is 15.6. The number of halogens is 1. The molecule has 1 aromatic rings. The van der Waals surface area contributed by atoms with Crippen molar-refractivity contribution < 1.29 is 13.2 Å². The fourth-order valence-corrected chi connectivity index (χ4v) is 3.71. The van der Waals surface area contributed by atoms with E-state index >= 15 is 0 Å². The summed E-state index contributed by atoms with van der Waals surface area (Å²) in [4.78, 5) is 4.82. The van der Waals surface area contributed by atoms with E-state index in [1.54, 1.807) is 18.2 Å². The fourth-order valence-electron chi connectivity index (χ4n) is 2.60. The number of nitrogens with zero attached hydrogens (tertiary/aromatic N) is 2. The second-order valence-electron chi connectivity index (χ2n) is 6.11. The van der Waals surface area contributed by atoms with E-state index in [0.29, 0.717) is 23.0 Å². The van der Waals surface area contributed by atoms with E-state index in [1.165, 1.54) is 18.4 Å². The van der Waals surface area contributed by atoms with Gasteiger partial charge in [0.15, 0.2) is 5.96 Å². The van der Waals surface area contributed by atoms with Crippen LogP contribution in [0.25, 0.3) is 0 Å². The first kappa shape index (κ1) is 23.1. The molecule has 9 heteroatoms. The lowest BCUT2D eigenvalue weighted by molar-refractivity contribution is 0.114. The SMILES string of the molecule is CCNC(=NCc1ccccc1S(=O)(=O)N(C)C)NCC1CCCO1.I. The highest BCUT2D eigenvalue weighted by Gasteiger charge is 2.20. The largest absolute Gasteiger partial charge is 0.376 e. The molecular formula is C17H29IN4O3S. The summed E-state index contributed by atoms with van der Waals surface area (Å²) in [5.74, 6) is 0.662. The molecule has 26 heavy (non-hydrogen) atoms. The lowest BCUT2D eigenvalue weighted by atomic mass is 10.2. The van der Waals surface area contributed by atoms with Crippen molar-refractivity contribution in [3.63, 3.8) is 0 Å². The minimum atomic E-state index is -3.49. The van der Waals surface area contributed by atoms with Crippen LogP contribution in [0.1, 0.15) is 25.3 Å². The number of aliphatic imine (C=N–C) groups is 1. The van der Waals surface area contributed by atoms with Gasteiger partial charge in [0.1, 0.15) is 0 Å². The molecule has 2 N–H and O–H groups in total. The molecule has 1 aliphatic rings. The average molecular weight is 496 g/mol. The molecular weight excluding hydrogens is 467 g/mol. The number of nitrogens with one attached hydrogen (secondary N) is 2. The third kappa shape index (κ3) is 6.36. The van der Waals surface area contributed by atoms with Crippen molar-refractivity contribution in [3.8, 4) is 0 Å². The topological polar surface area (TPSA) is 83.0 Å². The molecule has 2 rings (SSSR count). The Bertz CT molecular complexity index is 689. The highest BCUT2D eigenvalue weighted by atomic mass is 127. The molecule has 0 aromatic heterocycles. The first-order valence-electron chi connectivity index (χ1n) is 8.59. The van der Waals surface area contributed by atoms with Crippen LogP contribution in [0.5, 0.6) is 0 Å². The first-order chi connectivity index (χ1) is 11.9. The van der Waals surface area contributed by atoms with Crippen molar-refractivity contribution in [2.45, 2.75) is 37.3 Å². The van der Waals surface area contributed by atoms with Crippen LogP contribution in [0.4, 0.5) is 0 Å². The maximum atomic E-state index is 12.5. The van der Waals surface area contributed by atoms with Gasteiger partial charge in [0, 0.05) is 33.8 Å². The summed E-state index contributed by atoms with van der Waals surface area (Å²) in [5, 5.41) is 6.45. The number of hydrogen-bond acceptors (Lipinski definition) is 4. The number of rotatable bonds is 7. The van der Waals surface area contributed by atoms with Crippen LogP contribution in [0.3, 0.4) is 0 Å². The molecule has 1 aromatic carbocycles. The Morgan fingerprint density at radius 1 is 1.31 bits per heavy atom. The molecule has 0 radical (unpaired) electrons. The molecule has 7 nitrogen and oxygen atoms in total. The standard InChI is InChI=1S/C17H28N4O3S.HI/c1-4-18-17(20-13-15-9-7-11-24-15)19-12-14-8-5-6-10-16(14)25(22,23)21(2)3;/h5-6,8,10,15H,4,7,9,11-13H2,1-3H3,(H2,18,19,20);1H. The number of benzene rings is 1. The second kappa shape index (κ2) is 11.1. The van der Waals surface area contributed by atoms with Crippen molar-refractivity contribution in [2.75, 3.05) is 33.8 Å². The Labute approximate surface area is 173 Å². The highest BCUT2D eigenvalue weighted by molar-refractivity contribution is 14.0. The zero-order valence-corrected chi connectivity index (χ0v) is 18.7. The fraction of sp³-hybridized carbons (Fsp3) is 0.588. The predicted molar refractivity (Wildman–Crippen MR) is 115 cm³/mol. The van der Waals surface area contributed by atoms with Gasteiger partial charge in [-0.3, -0.25) is 0 Å². The maximum Gasteiger partial charge on any atom is 0.242 e. The van der Waals surface area contributed by atoms with Crippen LogP contribution in [0.2, 0.25) is 0 Å². The van der Waals surface area contributed by atoms with Crippen LogP contribution in [-0.4, -0.2) is 58.6 Å². The molecule has 0 aliphatic carbocycles. The maximum absolute atomic E-state index is 12.5. The summed E-state index contributed by atoms with van der Waals surface area (Å²) in [6.07, 6.45) is 2.36. The molecule has 0 bridgehead atoms. The molecule has 1 saturated heterocycles. The second-order valence-corrected chi connectivity index (χ2v) is 8.23.